The van der Waals surface area contributed by atoms with E-state index in [1.54, 1.807) is 48.5 Å². The van der Waals surface area contributed by atoms with Crippen LogP contribution in [0, 0.1) is 0 Å². The first-order valence-electron chi connectivity index (χ1n) is 16.4. The molecule has 0 aliphatic heterocycles. The third-order valence-electron chi connectivity index (χ3n) is 7.88. The molecule has 4 N–H and O–H groups in total. The van der Waals surface area contributed by atoms with E-state index < -0.39 is 24.1 Å². The number of phenols is 3. The van der Waals surface area contributed by atoms with E-state index in [0.29, 0.717) is 35.3 Å². The molecule has 53 heavy (non-hydrogen) atoms. The topological polar surface area (TPSA) is 180 Å². The summed E-state index contributed by atoms with van der Waals surface area (Å²) in [5, 5.41) is 41.0. The van der Waals surface area contributed by atoms with Crippen molar-refractivity contribution >= 4 is 24.1 Å². The number of carbonyl (C=O) groups excluding carboxylic acids is 2. The summed E-state index contributed by atoms with van der Waals surface area (Å²) in [6.07, 6.45) is 4.10. The predicted molar refractivity (Wildman–Crippen MR) is 195 cm³/mol. The van der Waals surface area contributed by atoms with Crippen LogP contribution in [0.5, 0.6) is 46.0 Å². The van der Waals surface area contributed by atoms with Crippen LogP contribution >= 0.6 is 0 Å². The molecule has 4 aromatic carbocycles. The number of esters is 2. The number of methoxy groups -OCH3 is 4. The molecule has 0 aromatic heterocycles. The maximum atomic E-state index is 12.7. The Bertz CT molecular complexity index is 1920. The van der Waals surface area contributed by atoms with Gasteiger partial charge in [0, 0.05) is 12.2 Å². The van der Waals surface area contributed by atoms with Gasteiger partial charge in [-0.3, -0.25) is 0 Å². The van der Waals surface area contributed by atoms with Gasteiger partial charge in [-0.25, -0.2) is 9.59 Å². The monoisotopic (exact) mass is 730 g/mol. The van der Waals surface area contributed by atoms with Gasteiger partial charge in [-0.15, -0.1) is 0 Å². The third-order valence-corrected chi connectivity index (χ3v) is 7.88. The minimum atomic E-state index is -1.34. The van der Waals surface area contributed by atoms with Gasteiger partial charge >= 0.3 is 11.9 Å². The second-order valence-electron chi connectivity index (χ2n) is 11.4. The highest BCUT2D eigenvalue weighted by Gasteiger charge is 2.27. The van der Waals surface area contributed by atoms with E-state index in [1.165, 1.54) is 77.0 Å². The van der Waals surface area contributed by atoms with E-state index in [-0.39, 0.29) is 53.5 Å². The number of aliphatic hydroxyl groups excluding tert-OH is 1. The van der Waals surface area contributed by atoms with Gasteiger partial charge in [-0.2, -0.15) is 0 Å². The molecule has 280 valence electrons. The number of aromatic hydroxyl groups is 3. The minimum Gasteiger partial charge on any atom is -0.504 e. The Balaban J connectivity index is 1.41. The molecular formula is C40H42O13. The van der Waals surface area contributed by atoms with E-state index in [2.05, 4.69) is 0 Å². The first-order valence-corrected chi connectivity index (χ1v) is 16.4. The zero-order valence-electron chi connectivity index (χ0n) is 29.7. The van der Waals surface area contributed by atoms with Gasteiger partial charge in [0.05, 0.1) is 35.0 Å². The van der Waals surface area contributed by atoms with Crippen molar-refractivity contribution in [3.63, 3.8) is 0 Å². The van der Waals surface area contributed by atoms with Gasteiger partial charge < -0.3 is 53.6 Å². The Morgan fingerprint density at radius 2 is 1.15 bits per heavy atom. The fourth-order valence-corrected chi connectivity index (χ4v) is 5.04. The Hall–Kier alpha value is -6.34. The summed E-state index contributed by atoms with van der Waals surface area (Å²) in [6, 6.07) is 18.8. The van der Waals surface area contributed by atoms with E-state index in [4.69, 9.17) is 33.2 Å². The summed E-state index contributed by atoms with van der Waals surface area (Å²) in [5.41, 5.74) is 2.42. The molecular weight excluding hydrogens is 688 g/mol. The van der Waals surface area contributed by atoms with E-state index >= 15 is 0 Å². The molecule has 0 aliphatic rings. The van der Waals surface area contributed by atoms with Crippen LogP contribution in [0.2, 0.25) is 0 Å². The molecule has 0 unspecified atom stereocenters. The molecule has 0 aliphatic carbocycles. The van der Waals surface area contributed by atoms with Gasteiger partial charge in [0.25, 0.3) is 0 Å². The van der Waals surface area contributed by atoms with E-state index in [9.17, 15) is 30.0 Å². The van der Waals surface area contributed by atoms with Crippen molar-refractivity contribution in [3.8, 4) is 46.0 Å². The number of aliphatic hydroxyl groups is 1. The third kappa shape index (κ3) is 11.3. The number of carbonyl (C=O) groups is 2. The van der Waals surface area contributed by atoms with Crippen LogP contribution < -0.4 is 23.7 Å². The zero-order chi connectivity index (χ0) is 38.3. The smallest absolute Gasteiger partial charge is 0.330 e. The molecule has 0 saturated heterocycles. The van der Waals surface area contributed by atoms with Crippen molar-refractivity contribution in [1.29, 1.82) is 0 Å². The maximum absolute atomic E-state index is 12.7. The molecule has 0 heterocycles. The second kappa shape index (κ2) is 19.3. The summed E-state index contributed by atoms with van der Waals surface area (Å²) < 4.78 is 37.9. The summed E-state index contributed by atoms with van der Waals surface area (Å²) in [4.78, 5) is 24.9. The van der Waals surface area contributed by atoms with Crippen molar-refractivity contribution < 1.29 is 63.2 Å². The van der Waals surface area contributed by atoms with Crippen molar-refractivity contribution in [2.75, 3.05) is 41.7 Å². The van der Waals surface area contributed by atoms with Crippen LogP contribution in [0.1, 0.15) is 34.8 Å². The van der Waals surface area contributed by atoms with Crippen molar-refractivity contribution in [3.05, 3.63) is 107 Å². The number of hydrogen-bond acceptors (Lipinski definition) is 13. The minimum absolute atomic E-state index is 0.00410. The summed E-state index contributed by atoms with van der Waals surface area (Å²) >= 11 is 0. The van der Waals surface area contributed by atoms with Gasteiger partial charge in [0.1, 0.15) is 12.7 Å². The maximum Gasteiger partial charge on any atom is 0.330 e. The predicted octanol–water partition coefficient (Wildman–Crippen LogP) is 5.76. The molecule has 0 fully saturated rings. The standard InChI is InChI=1S/C40H42O13/c1-47-33-20-26(7-13-29(33)41)10-17-38(44)51-19-5-6-25-9-16-32(36(22-25)50-4)53-37(40(46)28-12-15-31(43)35(23-28)49-3)24-52-39(45)18-11-27-8-14-30(42)34(21-27)48-2/h7-18,20-23,37,40-43,46H,5-6,19,24H2,1-4H3/t37-,40-/m0/s1. The van der Waals surface area contributed by atoms with Gasteiger partial charge in [-0.1, -0.05) is 24.3 Å². The SMILES string of the molecule is COc1cc(C=CC(=O)OCCCc2ccc(O[C@@H](COC(=O)C=Cc3ccc(O)c(OC)c3)[C@@H](O)c3ccc(O)c(OC)c3)c(OC)c2)ccc1O. The van der Waals surface area contributed by atoms with E-state index in [0.717, 1.165) is 5.56 Å². The zero-order valence-corrected chi connectivity index (χ0v) is 29.7. The lowest BCUT2D eigenvalue weighted by molar-refractivity contribution is -0.142. The second-order valence-corrected chi connectivity index (χ2v) is 11.4. The molecule has 2 atom stereocenters. The lowest BCUT2D eigenvalue weighted by atomic mass is 10.0. The van der Waals surface area contributed by atoms with Gasteiger partial charge in [0.15, 0.2) is 52.1 Å². The van der Waals surface area contributed by atoms with E-state index in [1.807, 2.05) is 0 Å². The lowest BCUT2D eigenvalue weighted by Crippen LogP contribution is -2.31. The van der Waals surface area contributed by atoms with Crippen LogP contribution in [-0.4, -0.2) is 80.1 Å². The Morgan fingerprint density at radius 3 is 1.72 bits per heavy atom. The number of ether oxygens (including phenoxy) is 7. The van der Waals surface area contributed by atoms with Crippen molar-refractivity contribution in [2.24, 2.45) is 0 Å². The average molecular weight is 731 g/mol. The molecule has 4 rings (SSSR count). The van der Waals surface area contributed by atoms with Gasteiger partial charge in [-0.05, 0) is 95.8 Å². The molecule has 13 nitrogen and oxygen atoms in total. The number of hydrogen-bond donors (Lipinski definition) is 4. The number of phenolic OH excluding ortho intramolecular Hbond substituents is 3. The highest BCUT2D eigenvalue weighted by atomic mass is 16.6. The number of benzene rings is 4. The normalized spacial score (nSPS) is 12.2. The summed E-state index contributed by atoms with van der Waals surface area (Å²) in [5.74, 6) is -0.151. The summed E-state index contributed by atoms with van der Waals surface area (Å²) in [7, 11) is 5.69. The molecule has 0 radical (unpaired) electrons. The average Bonchev–Trinajstić information content (AvgIpc) is 3.17. The quantitative estimate of drug-likeness (QED) is 0.0552. The lowest BCUT2D eigenvalue weighted by Gasteiger charge is -2.25. The Morgan fingerprint density at radius 1 is 0.623 bits per heavy atom. The fraction of sp³-hybridized carbons (Fsp3) is 0.250. The van der Waals surface area contributed by atoms with Crippen molar-refractivity contribution in [2.45, 2.75) is 25.0 Å². The molecule has 0 saturated carbocycles. The largest absolute Gasteiger partial charge is 0.504 e. The van der Waals surface area contributed by atoms with Crippen LogP contribution in [0.4, 0.5) is 0 Å². The number of rotatable bonds is 18. The molecule has 0 bridgehead atoms. The number of aryl methyl sites for hydroxylation is 1. The van der Waals surface area contributed by atoms with Crippen LogP contribution in [-0.2, 0) is 25.5 Å². The fourth-order valence-electron chi connectivity index (χ4n) is 5.04. The Labute approximate surface area is 306 Å². The van der Waals surface area contributed by atoms with Crippen LogP contribution in [0.3, 0.4) is 0 Å². The molecule has 0 amide bonds. The molecule has 4 aromatic rings. The van der Waals surface area contributed by atoms with Crippen molar-refractivity contribution in [1.82, 2.24) is 0 Å². The molecule has 13 heteroatoms. The summed E-state index contributed by atoms with van der Waals surface area (Å²) in [6.45, 7) is -0.218. The van der Waals surface area contributed by atoms with Crippen LogP contribution in [0.15, 0.2) is 84.9 Å². The highest BCUT2D eigenvalue weighted by Crippen LogP contribution is 2.35. The molecule has 0 spiro atoms. The highest BCUT2D eigenvalue weighted by molar-refractivity contribution is 5.87. The first kappa shape index (κ1) is 39.4. The Kier molecular flexibility index (Phi) is 14.4. The first-order chi connectivity index (χ1) is 25.5. The van der Waals surface area contributed by atoms with Gasteiger partial charge in [0.2, 0.25) is 0 Å². The van der Waals surface area contributed by atoms with Crippen LogP contribution in [0.25, 0.3) is 12.2 Å².